The molecule has 1 rings (SSSR count). The number of allylic oxidation sites excluding steroid dienone is 1. The van der Waals surface area contributed by atoms with Gasteiger partial charge in [0, 0.05) is 6.04 Å². The molecule has 1 aliphatic heterocycles. The molecule has 0 spiro atoms. The zero-order chi connectivity index (χ0) is 9.30. The van der Waals surface area contributed by atoms with E-state index in [4.69, 9.17) is 0 Å². The number of carbonyl (C=O) groups excluding carboxylic acids is 2. The molecule has 0 N–H and O–H groups in total. The van der Waals surface area contributed by atoms with E-state index in [0.29, 0.717) is 4.91 Å². The quantitative estimate of drug-likeness (QED) is 0.586. The Kier molecular flexibility index (Phi) is 2.57. The Hall–Kier alpha value is -0.770. The number of hydrogen-bond donors (Lipinski definition) is 0. The molecule has 0 unspecified atom stereocenters. The van der Waals surface area contributed by atoms with Crippen molar-refractivity contribution in [3.8, 4) is 0 Å². The summed E-state index contributed by atoms with van der Waals surface area (Å²) in [5, 5.41) is -0.164. The van der Waals surface area contributed by atoms with E-state index >= 15 is 0 Å². The minimum Gasteiger partial charge on any atom is -0.268 e. The fraction of sp³-hybridized carbons (Fsp3) is 0.500. The van der Waals surface area contributed by atoms with Gasteiger partial charge in [0.2, 0.25) is 0 Å². The molecule has 0 bridgehead atoms. The van der Waals surface area contributed by atoms with Gasteiger partial charge in [-0.2, -0.15) is 0 Å². The number of imide groups is 1. The molecule has 0 aliphatic carbocycles. The molecule has 0 aromatic rings. The Labute approximate surface area is 75.8 Å². The highest BCUT2D eigenvalue weighted by molar-refractivity contribution is 8.18. The lowest BCUT2D eigenvalue weighted by molar-refractivity contribution is -0.123. The number of thioether (sulfide) groups is 1. The van der Waals surface area contributed by atoms with Crippen LogP contribution in [0.15, 0.2) is 11.0 Å². The average molecular weight is 185 g/mol. The van der Waals surface area contributed by atoms with E-state index in [1.165, 1.54) is 4.90 Å². The highest BCUT2D eigenvalue weighted by Crippen LogP contribution is 2.31. The third-order valence-corrected chi connectivity index (χ3v) is 2.60. The molecular formula is C8H11NO2S. The minimum absolute atomic E-state index is 0.0463. The third kappa shape index (κ3) is 1.39. The molecule has 1 saturated heterocycles. The average Bonchev–Trinajstić information content (AvgIpc) is 2.25. The van der Waals surface area contributed by atoms with Gasteiger partial charge in [0.1, 0.15) is 0 Å². The lowest BCUT2D eigenvalue weighted by atomic mass is 10.3. The second-order valence-corrected chi connectivity index (χ2v) is 3.78. The van der Waals surface area contributed by atoms with E-state index in [2.05, 4.69) is 0 Å². The largest absolute Gasteiger partial charge is 0.293 e. The molecule has 0 saturated carbocycles. The van der Waals surface area contributed by atoms with E-state index < -0.39 is 0 Å². The van der Waals surface area contributed by atoms with Gasteiger partial charge in [0.25, 0.3) is 11.1 Å². The summed E-state index contributed by atoms with van der Waals surface area (Å²) in [6, 6.07) is -0.0463. The van der Waals surface area contributed by atoms with E-state index in [-0.39, 0.29) is 17.2 Å². The predicted molar refractivity (Wildman–Crippen MR) is 48.7 cm³/mol. The maximum Gasteiger partial charge on any atom is 0.293 e. The van der Waals surface area contributed by atoms with Crippen molar-refractivity contribution in [1.29, 1.82) is 0 Å². The van der Waals surface area contributed by atoms with Crippen LogP contribution in [-0.2, 0) is 4.79 Å². The first-order valence-corrected chi connectivity index (χ1v) is 4.61. The Bertz CT molecular complexity index is 258. The molecule has 0 aromatic carbocycles. The first-order valence-electron chi connectivity index (χ1n) is 3.79. The number of carbonyl (C=O) groups is 2. The minimum atomic E-state index is -0.164. The van der Waals surface area contributed by atoms with Gasteiger partial charge in [0.15, 0.2) is 0 Å². The highest BCUT2D eigenvalue weighted by atomic mass is 32.2. The molecule has 1 heterocycles. The number of amides is 2. The molecule has 3 nitrogen and oxygen atoms in total. The summed E-state index contributed by atoms with van der Waals surface area (Å²) in [5.74, 6) is -0.164. The fourth-order valence-corrected chi connectivity index (χ4v) is 1.90. The van der Waals surface area contributed by atoms with Crippen LogP contribution in [0.2, 0.25) is 0 Å². The van der Waals surface area contributed by atoms with Gasteiger partial charge in [-0.05, 0) is 32.5 Å². The maximum atomic E-state index is 11.4. The summed E-state index contributed by atoms with van der Waals surface area (Å²) >= 11 is 1.01. The number of rotatable bonds is 1. The fourth-order valence-electron chi connectivity index (χ4n) is 1.02. The summed E-state index contributed by atoms with van der Waals surface area (Å²) in [6.07, 6.45) is 1.67. The first kappa shape index (κ1) is 9.32. The van der Waals surface area contributed by atoms with Crippen molar-refractivity contribution >= 4 is 22.9 Å². The summed E-state index contributed by atoms with van der Waals surface area (Å²) in [6.45, 7) is 5.42. The molecule has 1 fully saturated rings. The predicted octanol–water partition coefficient (Wildman–Crippen LogP) is 1.99. The van der Waals surface area contributed by atoms with Crippen LogP contribution in [0.3, 0.4) is 0 Å². The van der Waals surface area contributed by atoms with Gasteiger partial charge in [-0.25, -0.2) is 0 Å². The topological polar surface area (TPSA) is 37.4 Å². The van der Waals surface area contributed by atoms with Crippen LogP contribution in [0.25, 0.3) is 0 Å². The van der Waals surface area contributed by atoms with Crippen molar-refractivity contribution in [3.63, 3.8) is 0 Å². The molecule has 1 aliphatic rings. The van der Waals surface area contributed by atoms with Gasteiger partial charge in [0.05, 0.1) is 4.91 Å². The van der Waals surface area contributed by atoms with E-state index in [0.717, 1.165) is 11.8 Å². The monoisotopic (exact) mass is 185 g/mol. The Morgan fingerprint density at radius 3 is 2.25 bits per heavy atom. The van der Waals surface area contributed by atoms with Gasteiger partial charge in [-0.1, -0.05) is 6.08 Å². The Balaban J connectivity index is 2.93. The zero-order valence-electron chi connectivity index (χ0n) is 7.33. The standard InChI is InChI=1S/C8H11NO2S/c1-4-6-7(10)9(5(2)3)8(11)12-6/h4-5H,1-3H3/b6-4-. The lowest BCUT2D eigenvalue weighted by Crippen LogP contribution is -2.34. The van der Waals surface area contributed by atoms with Crippen LogP contribution in [-0.4, -0.2) is 22.1 Å². The van der Waals surface area contributed by atoms with Crippen LogP contribution in [0.5, 0.6) is 0 Å². The summed E-state index contributed by atoms with van der Waals surface area (Å²) in [4.78, 5) is 24.4. The van der Waals surface area contributed by atoms with Crippen molar-refractivity contribution in [1.82, 2.24) is 4.90 Å². The van der Waals surface area contributed by atoms with Gasteiger partial charge < -0.3 is 0 Å². The smallest absolute Gasteiger partial charge is 0.268 e. The van der Waals surface area contributed by atoms with Crippen LogP contribution in [0.1, 0.15) is 20.8 Å². The van der Waals surface area contributed by atoms with E-state index in [1.54, 1.807) is 13.0 Å². The van der Waals surface area contributed by atoms with Crippen molar-refractivity contribution in [2.75, 3.05) is 0 Å². The summed E-state index contributed by atoms with van der Waals surface area (Å²) < 4.78 is 0. The molecule has 0 aromatic heterocycles. The van der Waals surface area contributed by atoms with Gasteiger partial charge >= 0.3 is 0 Å². The molecule has 0 atom stereocenters. The SMILES string of the molecule is C/C=C1\SC(=O)N(C(C)C)C1=O. The van der Waals surface area contributed by atoms with Crippen molar-refractivity contribution in [2.45, 2.75) is 26.8 Å². The van der Waals surface area contributed by atoms with E-state index in [1.807, 2.05) is 13.8 Å². The maximum absolute atomic E-state index is 11.4. The molecule has 66 valence electrons. The third-order valence-electron chi connectivity index (χ3n) is 1.60. The van der Waals surface area contributed by atoms with Crippen LogP contribution >= 0.6 is 11.8 Å². The van der Waals surface area contributed by atoms with Gasteiger partial charge in [-0.15, -0.1) is 0 Å². The molecule has 12 heavy (non-hydrogen) atoms. The number of nitrogens with zero attached hydrogens (tertiary/aromatic N) is 1. The van der Waals surface area contributed by atoms with Crippen LogP contribution in [0.4, 0.5) is 4.79 Å². The second-order valence-electron chi connectivity index (χ2n) is 2.79. The van der Waals surface area contributed by atoms with Crippen molar-refractivity contribution in [2.24, 2.45) is 0 Å². The Morgan fingerprint density at radius 1 is 1.42 bits per heavy atom. The molecule has 4 heteroatoms. The van der Waals surface area contributed by atoms with Crippen LogP contribution < -0.4 is 0 Å². The second kappa shape index (κ2) is 3.31. The molecular weight excluding hydrogens is 174 g/mol. The summed E-state index contributed by atoms with van der Waals surface area (Å²) in [7, 11) is 0. The summed E-state index contributed by atoms with van der Waals surface area (Å²) in [5.41, 5.74) is 0. The Morgan fingerprint density at radius 2 is 2.00 bits per heavy atom. The van der Waals surface area contributed by atoms with E-state index in [9.17, 15) is 9.59 Å². The van der Waals surface area contributed by atoms with Crippen molar-refractivity contribution in [3.05, 3.63) is 11.0 Å². The first-order chi connectivity index (χ1) is 5.57. The highest BCUT2D eigenvalue weighted by Gasteiger charge is 2.35. The van der Waals surface area contributed by atoms with Gasteiger partial charge in [-0.3, -0.25) is 14.5 Å². The number of hydrogen-bond acceptors (Lipinski definition) is 3. The molecule has 2 amide bonds. The zero-order valence-corrected chi connectivity index (χ0v) is 8.14. The molecule has 0 radical (unpaired) electrons. The normalized spacial score (nSPS) is 21.7. The van der Waals surface area contributed by atoms with Crippen molar-refractivity contribution < 1.29 is 9.59 Å². The lowest BCUT2D eigenvalue weighted by Gasteiger charge is -2.16. The van der Waals surface area contributed by atoms with Crippen LogP contribution in [0, 0.1) is 0 Å².